The molecular weight excluding hydrogens is 274 g/mol. The highest BCUT2D eigenvalue weighted by molar-refractivity contribution is 7.91. The molecule has 98 valence electrons. The quantitative estimate of drug-likeness (QED) is 0.830. The van der Waals surface area contributed by atoms with Gasteiger partial charge >= 0.3 is 0 Å². The van der Waals surface area contributed by atoms with E-state index in [0.29, 0.717) is 18.7 Å². The second-order valence-corrected chi connectivity index (χ2v) is 6.41. The number of sulfonamides is 1. The Labute approximate surface area is 109 Å². The Morgan fingerprint density at radius 2 is 2.39 bits per heavy atom. The Balaban J connectivity index is 1.99. The molecular formula is C10H13N3O3S2. The van der Waals surface area contributed by atoms with Crippen LogP contribution >= 0.6 is 11.3 Å². The molecule has 0 fully saturated rings. The van der Waals surface area contributed by atoms with Gasteiger partial charge in [-0.25, -0.2) is 13.1 Å². The van der Waals surface area contributed by atoms with E-state index in [1.807, 2.05) is 0 Å². The molecule has 2 aromatic rings. The van der Waals surface area contributed by atoms with Crippen LogP contribution in [0, 0.1) is 0 Å². The van der Waals surface area contributed by atoms with Gasteiger partial charge in [0.2, 0.25) is 0 Å². The molecule has 2 aromatic heterocycles. The fourth-order valence-electron chi connectivity index (χ4n) is 1.44. The molecule has 0 spiro atoms. The van der Waals surface area contributed by atoms with Gasteiger partial charge in [0.15, 0.2) is 4.21 Å². The second kappa shape index (κ2) is 5.51. The van der Waals surface area contributed by atoms with Crippen molar-refractivity contribution in [2.75, 3.05) is 13.7 Å². The largest absolute Gasteiger partial charge is 0.494 e. The summed E-state index contributed by atoms with van der Waals surface area (Å²) < 4.78 is 31.7. The van der Waals surface area contributed by atoms with Crippen molar-refractivity contribution < 1.29 is 13.2 Å². The van der Waals surface area contributed by atoms with E-state index in [0.717, 1.165) is 16.9 Å². The lowest BCUT2D eigenvalue weighted by atomic mass is 10.3. The Morgan fingerprint density at radius 1 is 1.56 bits per heavy atom. The van der Waals surface area contributed by atoms with Crippen LogP contribution in [0.5, 0.6) is 5.75 Å². The normalized spacial score (nSPS) is 11.6. The van der Waals surface area contributed by atoms with Gasteiger partial charge in [0.1, 0.15) is 5.75 Å². The van der Waals surface area contributed by atoms with Gasteiger partial charge in [0.05, 0.1) is 13.3 Å². The minimum absolute atomic E-state index is 0.206. The Bertz CT molecular complexity index is 590. The van der Waals surface area contributed by atoms with Gasteiger partial charge in [0, 0.05) is 12.7 Å². The van der Waals surface area contributed by atoms with Crippen LogP contribution in [0.25, 0.3) is 0 Å². The van der Waals surface area contributed by atoms with Crippen LogP contribution in [0.4, 0.5) is 0 Å². The van der Waals surface area contributed by atoms with Gasteiger partial charge in [0.25, 0.3) is 10.0 Å². The van der Waals surface area contributed by atoms with Gasteiger partial charge < -0.3 is 4.74 Å². The summed E-state index contributed by atoms with van der Waals surface area (Å²) >= 11 is 1.14. The number of aromatic amines is 1. The number of methoxy groups -OCH3 is 1. The van der Waals surface area contributed by atoms with Gasteiger partial charge in [-0.05, 0) is 23.4 Å². The fraction of sp³-hybridized carbons (Fsp3) is 0.300. The van der Waals surface area contributed by atoms with Gasteiger partial charge in [-0.15, -0.1) is 11.3 Å². The molecule has 18 heavy (non-hydrogen) atoms. The molecule has 2 N–H and O–H groups in total. The second-order valence-electron chi connectivity index (χ2n) is 3.53. The first-order chi connectivity index (χ1) is 8.63. The van der Waals surface area contributed by atoms with Crippen LogP contribution in [0.1, 0.15) is 5.56 Å². The van der Waals surface area contributed by atoms with Crippen LogP contribution in [0.2, 0.25) is 0 Å². The molecule has 0 aromatic carbocycles. The number of nitrogens with zero attached hydrogens (tertiary/aromatic N) is 1. The summed E-state index contributed by atoms with van der Waals surface area (Å²) in [4.78, 5) is 0. The van der Waals surface area contributed by atoms with E-state index < -0.39 is 10.0 Å². The molecule has 0 unspecified atom stereocenters. The molecule has 0 bridgehead atoms. The van der Waals surface area contributed by atoms with E-state index >= 15 is 0 Å². The predicted molar refractivity (Wildman–Crippen MR) is 68.4 cm³/mol. The maximum Gasteiger partial charge on any atom is 0.253 e. The molecule has 2 rings (SSSR count). The average Bonchev–Trinajstić information content (AvgIpc) is 2.99. The number of hydrogen-bond donors (Lipinski definition) is 2. The zero-order valence-corrected chi connectivity index (χ0v) is 11.3. The van der Waals surface area contributed by atoms with E-state index in [4.69, 9.17) is 4.74 Å². The standard InChI is InChI=1S/C10H13N3O3S2/c1-16-9-3-5-17-10(9)18(14,15)13-4-2-8-6-11-12-7-8/h3,5-7,13H,2,4H2,1H3,(H,11,12). The Hall–Kier alpha value is -1.38. The summed E-state index contributed by atoms with van der Waals surface area (Å²) in [5.41, 5.74) is 0.954. The number of rotatable bonds is 6. The van der Waals surface area contributed by atoms with Crippen LogP contribution in [0.3, 0.4) is 0 Å². The summed E-state index contributed by atoms with van der Waals surface area (Å²) in [7, 11) is -2.05. The molecule has 0 aliphatic heterocycles. The van der Waals surface area contributed by atoms with Crippen LogP contribution in [0.15, 0.2) is 28.0 Å². The van der Waals surface area contributed by atoms with Gasteiger partial charge in [-0.1, -0.05) is 0 Å². The lowest BCUT2D eigenvalue weighted by Gasteiger charge is -2.05. The van der Waals surface area contributed by atoms with E-state index in [-0.39, 0.29) is 4.21 Å². The van der Waals surface area contributed by atoms with Crippen molar-refractivity contribution in [2.24, 2.45) is 0 Å². The number of aromatic nitrogens is 2. The van der Waals surface area contributed by atoms with Crippen LogP contribution in [-0.2, 0) is 16.4 Å². The molecule has 2 heterocycles. The number of nitrogens with one attached hydrogen (secondary N) is 2. The summed E-state index contributed by atoms with van der Waals surface area (Å²) in [6, 6.07) is 1.63. The minimum atomic E-state index is -3.50. The molecule has 6 nitrogen and oxygen atoms in total. The van der Waals surface area contributed by atoms with Crippen molar-refractivity contribution in [1.29, 1.82) is 0 Å². The monoisotopic (exact) mass is 287 g/mol. The van der Waals surface area contributed by atoms with Crippen molar-refractivity contribution in [3.05, 3.63) is 29.4 Å². The maximum absolute atomic E-state index is 12.0. The van der Waals surface area contributed by atoms with Crippen molar-refractivity contribution in [1.82, 2.24) is 14.9 Å². The molecule has 0 aliphatic carbocycles. The third-order valence-corrected chi connectivity index (χ3v) is 5.23. The van der Waals surface area contributed by atoms with Gasteiger partial charge in [-0.2, -0.15) is 5.10 Å². The fourth-order valence-corrected chi connectivity index (χ4v) is 3.79. The molecule has 0 aliphatic rings. The highest BCUT2D eigenvalue weighted by Crippen LogP contribution is 2.28. The van der Waals surface area contributed by atoms with Crippen molar-refractivity contribution >= 4 is 21.4 Å². The number of ether oxygens (including phenoxy) is 1. The maximum atomic E-state index is 12.0. The SMILES string of the molecule is COc1ccsc1S(=O)(=O)NCCc1cn[nH]c1. The summed E-state index contributed by atoms with van der Waals surface area (Å²) in [5.74, 6) is 0.371. The topological polar surface area (TPSA) is 84.1 Å². The summed E-state index contributed by atoms with van der Waals surface area (Å²) in [6.07, 6.45) is 3.99. The zero-order valence-electron chi connectivity index (χ0n) is 9.71. The third kappa shape index (κ3) is 2.89. The number of hydrogen-bond acceptors (Lipinski definition) is 5. The van der Waals surface area contributed by atoms with Crippen molar-refractivity contribution in [2.45, 2.75) is 10.6 Å². The van der Waals surface area contributed by atoms with Crippen molar-refractivity contribution in [3.8, 4) is 5.75 Å². The van der Waals surface area contributed by atoms with E-state index in [2.05, 4.69) is 14.9 Å². The lowest BCUT2D eigenvalue weighted by Crippen LogP contribution is -2.25. The first-order valence-electron chi connectivity index (χ1n) is 5.22. The summed E-state index contributed by atoms with van der Waals surface area (Å²) in [6.45, 7) is 0.322. The van der Waals surface area contributed by atoms with Gasteiger partial charge in [-0.3, -0.25) is 5.10 Å². The molecule has 0 radical (unpaired) electrons. The molecule has 0 atom stereocenters. The van der Waals surface area contributed by atoms with E-state index in [9.17, 15) is 8.42 Å². The van der Waals surface area contributed by atoms with Crippen LogP contribution < -0.4 is 9.46 Å². The van der Waals surface area contributed by atoms with Crippen LogP contribution in [-0.4, -0.2) is 32.3 Å². The Morgan fingerprint density at radius 3 is 3.06 bits per heavy atom. The highest BCUT2D eigenvalue weighted by Gasteiger charge is 2.20. The van der Waals surface area contributed by atoms with E-state index in [1.54, 1.807) is 23.8 Å². The average molecular weight is 287 g/mol. The van der Waals surface area contributed by atoms with E-state index in [1.165, 1.54) is 7.11 Å². The molecule has 8 heteroatoms. The predicted octanol–water partition coefficient (Wildman–Crippen LogP) is 1.00. The Kier molecular flexibility index (Phi) is 4.00. The lowest BCUT2D eigenvalue weighted by molar-refractivity contribution is 0.406. The first-order valence-corrected chi connectivity index (χ1v) is 7.58. The first kappa shape index (κ1) is 13.1. The number of H-pyrrole nitrogens is 1. The third-order valence-electron chi connectivity index (χ3n) is 2.32. The van der Waals surface area contributed by atoms with Crippen molar-refractivity contribution in [3.63, 3.8) is 0 Å². The highest BCUT2D eigenvalue weighted by atomic mass is 32.2. The molecule has 0 amide bonds. The number of thiophene rings is 1. The molecule has 0 saturated heterocycles. The summed E-state index contributed by atoms with van der Waals surface area (Å²) in [5, 5.41) is 8.16. The zero-order chi connectivity index (χ0) is 13.0. The smallest absolute Gasteiger partial charge is 0.253 e. The minimum Gasteiger partial charge on any atom is -0.494 e. The molecule has 0 saturated carbocycles.